The van der Waals surface area contributed by atoms with Crippen LogP contribution in [0.2, 0.25) is 0 Å². The van der Waals surface area contributed by atoms with Gasteiger partial charge in [0, 0.05) is 4.88 Å². The zero-order valence-electron chi connectivity index (χ0n) is 12.7. The highest BCUT2D eigenvalue weighted by Gasteiger charge is 1.75. The first-order chi connectivity index (χ1) is 8.62. The maximum atomic E-state index is 2.12. The van der Waals surface area contributed by atoms with Crippen LogP contribution < -0.4 is 0 Å². The van der Waals surface area contributed by atoms with Gasteiger partial charge in [-0.2, -0.15) is 11.3 Å². The molecule has 0 N–H and O–H groups in total. The lowest BCUT2D eigenvalue weighted by molar-refractivity contribution is 1.09. The summed E-state index contributed by atoms with van der Waals surface area (Å²) in [6.07, 6.45) is 2.50. The number of hydrogen-bond acceptors (Lipinski definition) is 2. The molecule has 0 spiro atoms. The first kappa shape index (κ1) is 19.7. The second kappa shape index (κ2) is 16.4. The quantitative estimate of drug-likeness (QED) is 0.491. The van der Waals surface area contributed by atoms with Crippen LogP contribution in [0.15, 0.2) is 34.3 Å². The zero-order chi connectivity index (χ0) is 14.2. The second-order valence-electron chi connectivity index (χ2n) is 3.94. The summed E-state index contributed by atoms with van der Waals surface area (Å²) in [5.74, 6) is 0. The van der Waals surface area contributed by atoms with Gasteiger partial charge in [0.1, 0.15) is 0 Å². The Kier molecular flexibility index (Phi) is 18.0. The Labute approximate surface area is 122 Å². The molecular formula is C16H28S2. The molecule has 0 atom stereocenters. The second-order valence-corrected chi connectivity index (χ2v) is 5.87. The van der Waals surface area contributed by atoms with Gasteiger partial charge in [0.2, 0.25) is 0 Å². The van der Waals surface area contributed by atoms with Gasteiger partial charge in [0.25, 0.3) is 0 Å². The van der Waals surface area contributed by atoms with Crippen LogP contribution in [-0.4, -0.2) is 0 Å². The predicted molar refractivity (Wildman–Crippen MR) is 90.0 cm³/mol. The Balaban J connectivity index is 0. The maximum absolute atomic E-state index is 2.12. The van der Waals surface area contributed by atoms with E-state index >= 15 is 0 Å². The van der Waals surface area contributed by atoms with Crippen molar-refractivity contribution < 1.29 is 0 Å². The van der Waals surface area contributed by atoms with E-state index in [-0.39, 0.29) is 0 Å². The minimum Gasteiger partial charge on any atom is -0.152 e. The third kappa shape index (κ3) is 17.8. The monoisotopic (exact) mass is 284 g/mol. The van der Waals surface area contributed by atoms with Crippen molar-refractivity contribution in [1.82, 2.24) is 0 Å². The van der Waals surface area contributed by atoms with Gasteiger partial charge in [0.15, 0.2) is 0 Å². The minimum absolute atomic E-state index is 1.25. The Hall–Kier alpha value is -0.600. The molecule has 2 aromatic rings. The van der Waals surface area contributed by atoms with Gasteiger partial charge in [-0.05, 0) is 47.7 Å². The molecule has 2 heteroatoms. The summed E-state index contributed by atoms with van der Waals surface area (Å²) >= 11 is 3.52. The summed E-state index contributed by atoms with van der Waals surface area (Å²) in [6, 6.07) is 6.26. The highest BCUT2D eigenvalue weighted by molar-refractivity contribution is 7.09. The molecule has 0 aliphatic carbocycles. The van der Waals surface area contributed by atoms with Crippen molar-refractivity contribution in [3.63, 3.8) is 0 Å². The van der Waals surface area contributed by atoms with Crippen molar-refractivity contribution in [2.45, 2.75) is 54.4 Å². The molecule has 104 valence electrons. The van der Waals surface area contributed by atoms with Crippen LogP contribution in [0.4, 0.5) is 0 Å². The van der Waals surface area contributed by atoms with E-state index in [0.717, 1.165) is 0 Å². The fraction of sp³-hybridized carbons (Fsp3) is 0.500. The molecule has 0 aromatic carbocycles. The summed E-state index contributed by atoms with van der Waals surface area (Å²) in [7, 11) is 0. The van der Waals surface area contributed by atoms with Crippen molar-refractivity contribution in [2.75, 3.05) is 0 Å². The van der Waals surface area contributed by atoms with Gasteiger partial charge >= 0.3 is 0 Å². The van der Waals surface area contributed by atoms with Gasteiger partial charge < -0.3 is 0 Å². The third-order valence-electron chi connectivity index (χ3n) is 1.33. The van der Waals surface area contributed by atoms with Crippen molar-refractivity contribution in [2.24, 2.45) is 0 Å². The van der Waals surface area contributed by atoms with E-state index in [1.54, 1.807) is 22.7 Å². The first-order valence-corrected chi connectivity index (χ1v) is 8.43. The lowest BCUT2D eigenvalue weighted by Gasteiger charge is -1.65. The molecule has 2 heterocycles. The molecule has 0 fully saturated rings. The molecule has 0 aliphatic heterocycles. The molecule has 2 aromatic heterocycles. The molecule has 18 heavy (non-hydrogen) atoms. The topological polar surface area (TPSA) is 0 Å². The zero-order valence-corrected chi connectivity index (χ0v) is 14.3. The van der Waals surface area contributed by atoms with Gasteiger partial charge in [-0.3, -0.25) is 0 Å². The molecule has 2 rings (SSSR count). The minimum atomic E-state index is 1.25. The van der Waals surface area contributed by atoms with Crippen LogP contribution >= 0.6 is 22.7 Å². The molecular weight excluding hydrogens is 256 g/mol. The lowest BCUT2D eigenvalue weighted by atomic mass is 10.4. The molecule has 0 amide bonds. The van der Waals surface area contributed by atoms with Crippen LogP contribution in [0.5, 0.6) is 0 Å². The lowest BCUT2D eigenvalue weighted by Crippen LogP contribution is -1.47. The largest absolute Gasteiger partial charge is 0.152 e. The van der Waals surface area contributed by atoms with E-state index in [4.69, 9.17) is 0 Å². The number of hydrogen-bond donors (Lipinski definition) is 0. The van der Waals surface area contributed by atoms with E-state index < -0.39 is 0 Å². The number of thiophene rings is 2. The average molecular weight is 285 g/mol. The fourth-order valence-electron chi connectivity index (χ4n) is 0.693. The van der Waals surface area contributed by atoms with Gasteiger partial charge in [0.05, 0.1) is 0 Å². The SMILES string of the molecule is CCC.CCC.Cc1cccs1.Cc1ccsc1. The molecule has 0 unspecified atom stereocenters. The van der Waals surface area contributed by atoms with E-state index in [2.05, 4.69) is 75.9 Å². The summed E-state index contributed by atoms with van der Waals surface area (Å²) in [5, 5.41) is 6.28. The number of aryl methyl sites for hydroxylation is 2. The summed E-state index contributed by atoms with van der Waals surface area (Å²) in [4.78, 5) is 1.38. The molecule has 0 saturated carbocycles. The average Bonchev–Trinajstić information content (AvgIpc) is 2.95. The van der Waals surface area contributed by atoms with Gasteiger partial charge in [-0.1, -0.05) is 46.6 Å². The van der Waals surface area contributed by atoms with Crippen LogP contribution in [0.25, 0.3) is 0 Å². The number of rotatable bonds is 0. The highest BCUT2D eigenvalue weighted by Crippen LogP contribution is 2.03. The van der Waals surface area contributed by atoms with Crippen LogP contribution in [0, 0.1) is 13.8 Å². The maximum Gasteiger partial charge on any atom is 0.00141 e. The van der Waals surface area contributed by atoms with Gasteiger partial charge in [-0.15, -0.1) is 11.3 Å². The Morgan fingerprint density at radius 2 is 1.44 bits per heavy atom. The fourth-order valence-corrected chi connectivity index (χ4v) is 1.89. The van der Waals surface area contributed by atoms with Crippen molar-refractivity contribution in [1.29, 1.82) is 0 Å². The molecule has 0 aliphatic rings. The van der Waals surface area contributed by atoms with Gasteiger partial charge in [-0.25, -0.2) is 0 Å². The normalized spacial score (nSPS) is 7.89. The Morgan fingerprint density at radius 1 is 0.889 bits per heavy atom. The van der Waals surface area contributed by atoms with E-state index in [0.29, 0.717) is 0 Å². The summed E-state index contributed by atoms with van der Waals surface area (Å²) in [6.45, 7) is 12.7. The Bertz CT molecular complexity index is 272. The predicted octanol–water partition coefficient (Wildman–Crippen LogP) is 6.95. The standard InChI is InChI=1S/2C5H6S.2C3H8/c1-5-2-3-6-4-5;1-5-3-2-4-6-5;2*1-3-2/h2*2-4H,1H3;2*3H2,1-2H3. The van der Waals surface area contributed by atoms with Crippen molar-refractivity contribution in [3.8, 4) is 0 Å². The molecule has 0 bridgehead atoms. The van der Waals surface area contributed by atoms with E-state index in [1.807, 2.05) is 0 Å². The van der Waals surface area contributed by atoms with Crippen molar-refractivity contribution in [3.05, 3.63) is 44.8 Å². The third-order valence-corrected chi connectivity index (χ3v) is 2.93. The molecule has 0 saturated heterocycles. The van der Waals surface area contributed by atoms with E-state index in [1.165, 1.54) is 23.3 Å². The molecule has 0 nitrogen and oxygen atoms in total. The van der Waals surface area contributed by atoms with E-state index in [9.17, 15) is 0 Å². The summed E-state index contributed by atoms with van der Waals surface area (Å²) in [5.41, 5.74) is 1.36. The highest BCUT2D eigenvalue weighted by atomic mass is 32.1. The molecule has 0 radical (unpaired) electrons. The summed E-state index contributed by atoms with van der Waals surface area (Å²) < 4.78 is 0. The van der Waals surface area contributed by atoms with Crippen molar-refractivity contribution >= 4 is 22.7 Å². The van der Waals surface area contributed by atoms with Crippen LogP contribution in [0.3, 0.4) is 0 Å². The Morgan fingerprint density at radius 3 is 1.56 bits per heavy atom. The smallest absolute Gasteiger partial charge is 0.00141 e. The van der Waals surface area contributed by atoms with Crippen LogP contribution in [0.1, 0.15) is 51.0 Å². The van der Waals surface area contributed by atoms with Crippen LogP contribution in [-0.2, 0) is 0 Å². The first-order valence-electron chi connectivity index (χ1n) is 6.61.